The van der Waals surface area contributed by atoms with E-state index >= 15 is 0 Å². The highest BCUT2D eigenvalue weighted by atomic mass is 79.9. The normalized spacial score (nSPS) is 15.8. The maximum absolute atomic E-state index is 12.2. The number of fused-ring (bicyclic) bond motifs is 1. The molecule has 8 heteroatoms. The van der Waals surface area contributed by atoms with Gasteiger partial charge < -0.3 is 19.0 Å². The largest absolute Gasteiger partial charge is 0.444 e. The average molecular weight is 415 g/mol. The van der Waals surface area contributed by atoms with E-state index in [0.29, 0.717) is 42.3 Å². The molecule has 0 atom stereocenters. The highest BCUT2D eigenvalue weighted by Crippen LogP contribution is 2.31. The quantitative estimate of drug-likeness (QED) is 0.711. The van der Waals surface area contributed by atoms with Crippen LogP contribution < -0.4 is 10.3 Å². The van der Waals surface area contributed by atoms with Crippen LogP contribution in [0.2, 0.25) is 0 Å². The van der Waals surface area contributed by atoms with Crippen LogP contribution in [0, 0.1) is 0 Å². The fraction of sp³-hybridized carbons (Fsp3) is 0.500. The van der Waals surface area contributed by atoms with Gasteiger partial charge in [-0.15, -0.1) is 11.3 Å². The highest BCUT2D eigenvalue weighted by Gasteiger charge is 2.27. The minimum Gasteiger partial charge on any atom is -0.444 e. The van der Waals surface area contributed by atoms with Crippen LogP contribution in [0.5, 0.6) is 0 Å². The fourth-order valence-corrected chi connectivity index (χ4v) is 3.95. The molecule has 0 aromatic carbocycles. The van der Waals surface area contributed by atoms with Gasteiger partial charge in [-0.25, -0.2) is 4.79 Å². The molecular weight excluding hydrogens is 396 g/mol. The summed E-state index contributed by atoms with van der Waals surface area (Å²) in [5.41, 5.74) is 0.0330. The number of piperazine rings is 1. The van der Waals surface area contributed by atoms with Crippen molar-refractivity contribution in [3.8, 4) is 0 Å². The fourth-order valence-electron chi connectivity index (χ4n) is 2.49. The lowest BCUT2D eigenvalue weighted by atomic mass is 10.2. The molecule has 1 fully saturated rings. The lowest BCUT2D eigenvalue weighted by Gasteiger charge is -2.35. The first kappa shape index (κ1) is 17.3. The molecule has 0 unspecified atom stereocenters. The second kappa shape index (κ2) is 6.40. The Morgan fingerprint density at radius 3 is 2.58 bits per heavy atom. The van der Waals surface area contributed by atoms with E-state index in [1.807, 2.05) is 31.1 Å². The Hall–Kier alpha value is -1.54. The van der Waals surface area contributed by atoms with Crippen molar-refractivity contribution in [2.45, 2.75) is 26.4 Å². The van der Waals surface area contributed by atoms with Crippen LogP contribution in [-0.4, -0.2) is 42.8 Å². The lowest BCUT2D eigenvalue weighted by Crippen LogP contribution is -2.50. The van der Waals surface area contributed by atoms with Crippen molar-refractivity contribution in [1.82, 2.24) is 4.90 Å². The van der Waals surface area contributed by atoms with E-state index in [2.05, 4.69) is 15.9 Å². The average Bonchev–Trinajstić information content (AvgIpc) is 2.88. The summed E-state index contributed by atoms with van der Waals surface area (Å²) >= 11 is 4.77. The molecule has 0 saturated carbocycles. The Morgan fingerprint density at radius 1 is 1.29 bits per heavy atom. The number of thiophene rings is 1. The van der Waals surface area contributed by atoms with Crippen molar-refractivity contribution in [2.75, 3.05) is 31.1 Å². The van der Waals surface area contributed by atoms with E-state index in [4.69, 9.17) is 9.15 Å². The van der Waals surface area contributed by atoms with Gasteiger partial charge in [0, 0.05) is 37.6 Å². The van der Waals surface area contributed by atoms with Crippen molar-refractivity contribution in [2.24, 2.45) is 0 Å². The smallest absolute Gasteiger partial charge is 0.410 e. The second-order valence-corrected chi connectivity index (χ2v) is 8.38. The van der Waals surface area contributed by atoms with Crippen LogP contribution in [0.4, 0.5) is 10.7 Å². The van der Waals surface area contributed by atoms with E-state index in [1.54, 1.807) is 4.90 Å². The standard InChI is InChI=1S/C16H19BrN2O4S/c1-16(2,3)23-15(21)19-6-4-18(5-7-19)12-8-11(20)14-13(22-12)10(17)9-24-14/h8-9H,4-7H2,1-3H3. The number of ether oxygens (including phenoxy) is 1. The first-order chi connectivity index (χ1) is 11.2. The number of amides is 1. The summed E-state index contributed by atoms with van der Waals surface area (Å²) in [5, 5.41) is 1.85. The molecule has 2 aromatic heterocycles. The van der Waals surface area contributed by atoms with Crippen LogP contribution in [-0.2, 0) is 4.74 Å². The molecule has 3 heterocycles. The number of hydrogen-bond acceptors (Lipinski definition) is 6. The zero-order valence-electron chi connectivity index (χ0n) is 13.8. The highest BCUT2D eigenvalue weighted by molar-refractivity contribution is 9.10. The molecule has 6 nitrogen and oxygen atoms in total. The molecule has 1 amide bonds. The Morgan fingerprint density at radius 2 is 1.96 bits per heavy atom. The van der Waals surface area contributed by atoms with Gasteiger partial charge in [0.1, 0.15) is 10.3 Å². The number of nitrogens with zero attached hydrogens (tertiary/aromatic N) is 2. The number of rotatable bonds is 1. The molecule has 1 aliphatic rings. The molecule has 0 radical (unpaired) electrons. The van der Waals surface area contributed by atoms with E-state index in [0.717, 1.165) is 4.47 Å². The molecule has 24 heavy (non-hydrogen) atoms. The summed E-state index contributed by atoms with van der Waals surface area (Å²) in [5.74, 6) is 0.537. The van der Waals surface area contributed by atoms with Gasteiger partial charge in [0.2, 0.25) is 5.43 Å². The maximum atomic E-state index is 12.2. The lowest BCUT2D eigenvalue weighted by molar-refractivity contribution is 0.0239. The third-order valence-electron chi connectivity index (χ3n) is 3.63. The van der Waals surface area contributed by atoms with Gasteiger partial charge in [0.15, 0.2) is 11.5 Å². The van der Waals surface area contributed by atoms with Crippen LogP contribution in [0.15, 0.2) is 25.1 Å². The Balaban J connectivity index is 1.72. The Bertz CT molecular complexity index is 816. The van der Waals surface area contributed by atoms with Crippen LogP contribution in [0.3, 0.4) is 0 Å². The van der Waals surface area contributed by atoms with Gasteiger partial charge in [-0.05, 0) is 36.7 Å². The first-order valence-corrected chi connectivity index (χ1v) is 9.35. The molecule has 1 saturated heterocycles. The number of carbonyl (C=O) groups is 1. The van der Waals surface area contributed by atoms with Gasteiger partial charge in [-0.3, -0.25) is 4.79 Å². The third kappa shape index (κ3) is 3.59. The van der Waals surface area contributed by atoms with Gasteiger partial charge in [0.05, 0.1) is 4.47 Å². The van der Waals surface area contributed by atoms with Gasteiger partial charge in [-0.1, -0.05) is 0 Å². The number of hydrogen-bond donors (Lipinski definition) is 0. The number of halogens is 1. The predicted molar refractivity (Wildman–Crippen MR) is 98.1 cm³/mol. The summed E-state index contributed by atoms with van der Waals surface area (Å²) in [7, 11) is 0. The van der Waals surface area contributed by atoms with E-state index in [-0.39, 0.29) is 11.5 Å². The summed E-state index contributed by atoms with van der Waals surface area (Å²) in [4.78, 5) is 28.0. The summed E-state index contributed by atoms with van der Waals surface area (Å²) in [6.07, 6.45) is -0.306. The van der Waals surface area contributed by atoms with Gasteiger partial charge in [-0.2, -0.15) is 0 Å². The van der Waals surface area contributed by atoms with Crippen LogP contribution in [0.25, 0.3) is 10.3 Å². The molecule has 0 N–H and O–H groups in total. The summed E-state index contributed by atoms with van der Waals surface area (Å²) < 4.78 is 12.7. The van der Waals surface area contributed by atoms with Crippen molar-refractivity contribution in [3.05, 3.63) is 26.1 Å². The van der Waals surface area contributed by atoms with Crippen molar-refractivity contribution < 1.29 is 13.9 Å². The van der Waals surface area contributed by atoms with E-state index in [9.17, 15) is 9.59 Å². The minimum atomic E-state index is -0.503. The number of carbonyl (C=O) groups excluding carboxylic acids is 1. The third-order valence-corrected chi connectivity index (χ3v) is 5.50. The molecular formula is C16H19BrN2O4S. The van der Waals surface area contributed by atoms with Crippen molar-refractivity contribution >= 4 is 49.5 Å². The minimum absolute atomic E-state index is 0.0449. The summed E-state index contributed by atoms with van der Waals surface area (Å²) in [6.45, 7) is 7.80. The van der Waals surface area contributed by atoms with Gasteiger partial charge >= 0.3 is 6.09 Å². The zero-order valence-corrected chi connectivity index (χ0v) is 16.2. The monoisotopic (exact) mass is 414 g/mol. The van der Waals surface area contributed by atoms with E-state index in [1.165, 1.54) is 17.4 Å². The molecule has 3 rings (SSSR count). The predicted octanol–water partition coefficient (Wildman–Crippen LogP) is 3.67. The molecule has 1 aliphatic heterocycles. The maximum Gasteiger partial charge on any atom is 0.410 e. The topological polar surface area (TPSA) is 63.0 Å². The van der Waals surface area contributed by atoms with Crippen LogP contribution in [0.1, 0.15) is 20.8 Å². The Kier molecular flexibility index (Phi) is 4.61. The van der Waals surface area contributed by atoms with Crippen LogP contribution >= 0.6 is 27.3 Å². The molecule has 2 aromatic rings. The molecule has 0 spiro atoms. The number of anilines is 1. The zero-order chi connectivity index (χ0) is 17.5. The van der Waals surface area contributed by atoms with Crippen molar-refractivity contribution in [1.29, 1.82) is 0 Å². The first-order valence-electron chi connectivity index (χ1n) is 7.68. The van der Waals surface area contributed by atoms with E-state index < -0.39 is 5.60 Å². The van der Waals surface area contributed by atoms with Gasteiger partial charge in [0.25, 0.3) is 0 Å². The molecule has 0 bridgehead atoms. The summed E-state index contributed by atoms with van der Waals surface area (Å²) in [6, 6.07) is 1.52. The SMILES string of the molecule is CC(C)(C)OC(=O)N1CCN(c2cc(=O)c3scc(Br)c3o2)CC1. The molecule has 0 aliphatic carbocycles. The Labute approximate surface area is 152 Å². The second-order valence-electron chi connectivity index (χ2n) is 6.65. The molecule has 130 valence electrons. The van der Waals surface area contributed by atoms with Crippen molar-refractivity contribution in [3.63, 3.8) is 0 Å².